The number of nitrogens with zero attached hydrogens (tertiary/aromatic N) is 1. The van der Waals surface area contributed by atoms with E-state index in [1.165, 1.54) is 25.3 Å². The van der Waals surface area contributed by atoms with Crippen molar-refractivity contribution in [3.63, 3.8) is 0 Å². The first-order valence-corrected chi connectivity index (χ1v) is 5.91. The van der Waals surface area contributed by atoms with E-state index >= 15 is 0 Å². The van der Waals surface area contributed by atoms with Crippen LogP contribution in [-0.4, -0.2) is 30.4 Å². The minimum Gasteiger partial charge on any atom is -0.494 e. The van der Waals surface area contributed by atoms with Crippen LogP contribution in [0.4, 0.5) is 11.4 Å². The predicted molar refractivity (Wildman–Crippen MR) is 69.4 cm³/mol. The van der Waals surface area contributed by atoms with Gasteiger partial charge in [-0.15, -0.1) is 0 Å². The normalized spacial score (nSPS) is 17.4. The SMILES string of the molecule is COc1cc([N+](=O)[O-])ccc1NC(=O)C1CNC(=O)C1. The first-order chi connectivity index (χ1) is 9.51. The summed E-state index contributed by atoms with van der Waals surface area (Å²) >= 11 is 0. The maximum atomic E-state index is 12.0. The van der Waals surface area contributed by atoms with E-state index in [2.05, 4.69) is 10.6 Å². The van der Waals surface area contributed by atoms with Gasteiger partial charge in [-0.1, -0.05) is 0 Å². The van der Waals surface area contributed by atoms with Crippen LogP contribution in [0.25, 0.3) is 0 Å². The first kappa shape index (κ1) is 13.8. The third-order valence-corrected chi connectivity index (χ3v) is 3.00. The molecule has 0 aromatic heterocycles. The Kier molecular flexibility index (Phi) is 3.83. The number of non-ortho nitro benzene ring substituents is 1. The van der Waals surface area contributed by atoms with E-state index in [0.717, 1.165) is 0 Å². The number of ether oxygens (including phenoxy) is 1. The second kappa shape index (κ2) is 5.55. The van der Waals surface area contributed by atoms with Crippen LogP contribution in [0.3, 0.4) is 0 Å². The Labute approximate surface area is 114 Å². The highest BCUT2D eigenvalue weighted by Gasteiger charge is 2.28. The van der Waals surface area contributed by atoms with Gasteiger partial charge in [0, 0.05) is 19.0 Å². The second-order valence-electron chi connectivity index (χ2n) is 4.34. The van der Waals surface area contributed by atoms with Crippen LogP contribution >= 0.6 is 0 Å². The molecule has 0 radical (unpaired) electrons. The maximum absolute atomic E-state index is 12.0. The Morgan fingerprint density at radius 1 is 1.55 bits per heavy atom. The van der Waals surface area contributed by atoms with E-state index in [1.807, 2.05) is 0 Å². The van der Waals surface area contributed by atoms with E-state index in [-0.39, 0.29) is 29.7 Å². The summed E-state index contributed by atoms with van der Waals surface area (Å²) in [6.45, 7) is 0.292. The molecule has 1 aliphatic heterocycles. The zero-order valence-corrected chi connectivity index (χ0v) is 10.7. The van der Waals surface area contributed by atoms with Crippen LogP contribution in [0.1, 0.15) is 6.42 Å². The summed E-state index contributed by atoms with van der Waals surface area (Å²) in [7, 11) is 1.36. The van der Waals surface area contributed by atoms with E-state index < -0.39 is 10.8 Å². The van der Waals surface area contributed by atoms with Crippen molar-refractivity contribution in [3.05, 3.63) is 28.3 Å². The molecule has 1 aromatic rings. The van der Waals surface area contributed by atoms with Gasteiger partial charge in [0.1, 0.15) is 5.75 Å². The Morgan fingerprint density at radius 3 is 2.85 bits per heavy atom. The minimum atomic E-state index is -0.548. The summed E-state index contributed by atoms with van der Waals surface area (Å²) in [5.74, 6) is -0.733. The number of amides is 2. The molecule has 1 heterocycles. The standard InChI is InChI=1S/C12H13N3O5/c1-20-10-5-8(15(18)19)2-3-9(10)14-12(17)7-4-11(16)13-6-7/h2-3,5,7H,4,6H2,1H3,(H,13,16)(H,14,17). The monoisotopic (exact) mass is 279 g/mol. The van der Waals surface area contributed by atoms with Gasteiger partial charge in [-0.05, 0) is 6.07 Å². The fraction of sp³-hybridized carbons (Fsp3) is 0.333. The number of nitrogens with one attached hydrogen (secondary N) is 2. The van der Waals surface area contributed by atoms with Gasteiger partial charge in [-0.3, -0.25) is 19.7 Å². The van der Waals surface area contributed by atoms with Crippen molar-refractivity contribution in [1.82, 2.24) is 5.32 Å². The fourth-order valence-electron chi connectivity index (χ4n) is 1.92. The number of benzene rings is 1. The largest absolute Gasteiger partial charge is 0.494 e. The molecule has 2 N–H and O–H groups in total. The minimum absolute atomic E-state index is 0.127. The molecule has 1 fully saturated rings. The van der Waals surface area contributed by atoms with E-state index in [4.69, 9.17) is 4.74 Å². The highest BCUT2D eigenvalue weighted by atomic mass is 16.6. The number of hydrogen-bond donors (Lipinski definition) is 2. The summed E-state index contributed by atoms with van der Waals surface area (Å²) < 4.78 is 5.02. The second-order valence-corrected chi connectivity index (χ2v) is 4.34. The summed E-state index contributed by atoms with van der Waals surface area (Å²) in [4.78, 5) is 33.1. The number of methoxy groups -OCH3 is 1. The van der Waals surface area contributed by atoms with E-state index in [1.54, 1.807) is 0 Å². The van der Waals surface area contributed by atoms with Gasteiger partial charge in [0.2, 0.25) is 11.8 Å². The Bertz CT molecular complexity index is 572. The molecular weight excluding hydrogens is 266 g/mol. The smallest absolute Gasteiger partial charge is 0.273 e. The Morgan fingerprint density at radius 2 is 2.30 bits per heavy atom. The number of anilines is 1. The van der Waals surface area contributed by atoms with Crippen LogP contribution in [-0.2, 0) is 9.59 Å². The van der Waals surface area contributed by atoms with Crippen molar-refractivity contribution in [3.8, 4) is 5.75 Å². The first-order valence-electron chi connectivity index (χ1n) is 5.91. The third-order valence-electron chi connectivity index (χ3n) is 3.00. The zero-order valence-electron chi connectivity index (χ0n) is 10.7. The molecule has 1 aromatic carbocycles. The number of nitro benzene ring substituents is 1. The zero-order chi connectivity index (χ0) is 14.7. The molecule has 0 saturated carbocycles. The molecular formula is C12H13N3O5. The van der Waals surface area contributed by atoms with Gasteiger partial charge < -0.3 is 15.4 Å². The van der Waals surface area contributed by atoms with Gasteiger partial charge >= 0.3 is 0 Å². The van der Waals surface area contributed by atoms with Crippen LogP contribution in [0.15, 0.2) is 18.2 Å². The van der Waals surface area contributed by atoms with Crippen LogP contribution in [0, 0.1) is 16.0 Å². The van der Waals surface area contributed by atoms with Crippen molar-refractivity contribution in [2.45, 2.75) is 6.42 Å². The lowest BCUT2D eigenvalue weighted by atomic mass is 10.1. The van der Waals surface area contributed by atoms with Crippen LogP contribution in [0.5, 0.6) is 5.75 Å². The molecule has 0 spiro atoms. The molecule has 0 aliphatic carbocycles. The summed E-state index contributed by atoms with van der Waals surface area (Å²) in [5.41, 5.74) is 0.208. The maximum Gasteiger partial charge on any atom is 0.273 e. The molecule has 2 amide bonds. The summed E-state index contributed by atoms with van der Waals surface area (Å²) in [6, 6.07) is 3.91. The van der Waals surface area contributed by atoms with E-state index in [0.29, 0.717) is 12.2 Å². The predicted octanol–water partition coefficient (Wildman–Crippen LogP) is 0.678. The average Bonchev–Trinajstić information content (AvgIpc) is 2.85. The molecule has 0 bridgehead atoms. The van der Waals surface area contributed by atoms with Crippen LogP contribution in [0.2, 0.25) is 0 Å². The highest BCUT2D eigenvalue weighted by Crippen LogP contribution is 2.29. The van der Waals surface area contributed by atoms with Crippen molar-refractivity contribution in [1.29, 1.82) is 0 Å². The quantitative estimate of drug-likeness (QED) is 0.622. The lowest BCUT2D eigenvalue weighted by Gasteiger charge is -2.12. The molecule has 8 nitrogen and oxygen atoms in total. The van der Waals surface area contributed by atoms with Crippen molar-refractivity contribution >= 4 is 23.2 Å². The molecule has 1 aliphatic rings. The Balaban J connectivity index is 2.14. The lowest BCUT2D eigenvalue weighted by Crippen LogP contribution is -2.24. The number of hydrogen-bond acceptors (Lipinski definition) is 5. The molecule has 1 saturated heterocycles. The topological polar surface area (TPSA) is 111 Å². The van der Waals surface area contributed by atoms with Crippen molar-refractivity contribution in [2.24, 2.45) is 5.92 Å². The molecule has 106 valence electrons. The molecule has 8 heteroatoms. The highest BCUT2D eigenvalue weighted by molar-refractivity contribution is 5.98. The van der Waals surface area contributed by atoms with Gasteiger partial charge in [-0.25, -0.2) is 0 Å². The van der Waals surface area contributed by atoms with Gasteiger partial charge in [-0.2, -0.15) is 0 Å². The Hall–Kier alpha value is -2.64. The molecule has 1 unspecified atom stereocenters. The fourth-order valence-corrected chi connectivity index (χ4v) is 1.92. The lowest BCUT2D eigenvalue weighted by molar-refractivity contribution is -0.384. The van der Waals surface area contributed by atoms with E-state index in [9.17, 15) is 19.7 Å². The number of carbonyl (C=O) groups is 2. The third kappa shape index (κ3) is 2.85. The molecule has 2 rings (SSSR count). The molecule has 1 atom stereocenters. The molecule has 20 heavy (non-hydrogen) atoms. The summed E-state index contributed by atoms with van der Waals surface area (Å²) in [6.07, 6.45) is 0.140. The van der Waals surface area contributed by atoms with Gasteiger partial charge in [0.05, 0.1) is 29.7 Å². The van der Waals surface area contributed by atoms with Crippen molar-refractivity contribution in [2.75, 3.05) is 19.0 Å². The summed E-state index contributed by atoms with van der Waals surface area (Å²) in [5, 5.41) is 15.8. The average molecular weight is 279 g/mol. The van der Waals surface area contributed by atoms with Gasteiger partial charge in [0.15, 0.2) is 0 Å². The van der Waals surface area contributed by atoms with Crippen molar-refractivity contribution < 1.29 is 19.2 Å². The number of rotatable bonds is 4. The number of nitro groups is 1. The van der Waals surface area contributed by atoms with Gasteiger partial charge in [0.25, 0.3) is 5.69 Å². The van der Waals surface area contributed by atoms with Crippen LogP contribution < -0.4 is 15.4 Å². The number of carbonyl (C=O) groups excluding carboxylic acids is 2.